The number of hydrogen-bond donors (Lipinski definition) is 1. The van der Waals surface area contributed by atoms with E-state index in [2.05, 4.69) is 15.1 Å². The Kier molecular flexibility index (Phi) is 5.60. The van der Waals surface area contributed by atoms with Crippen molar-refractivity contribution >= 4 is 5.91 Å². The first-order valence-corrected chi connectivity index (χ1v) is 7.54. The highest BCUT2D eigenvalue weighted by Gasteiger charge is 2.24. The lowest BCUT2D eigenvalue weighted by atomic mass is 9.96. The zero-order valence-corrected chi connectivity index (χ0v) is 12.4. The van der Waals surface area contributed by atoms with E-state index in [1.54, 1.807) is 6.92 Å². The molecule has 110 valence electrons. The van der Waals surface area contributed by atoms with E-state index in [-0.39, 0.29) is 5.91 Å². The highest BCUT2D eigenvalue weighted by Crippen LogP contribution is 2.19. The van der Waals surface area contributed by atoms with Gasteiger partial charge in [-0.15, -0.1) is 0 Å². The van der Waals surface area contributed by atoms with Crippen molar-refractivity contribution in [3.8, 4) is 0 Å². The minimum absolute atomic E-state index is 0.235. The fourth-order valence-electron chi connectivity index (χ4n) is 3.15. The van der Waals surface area contributed by atoms with Gasteiger partial charge in [0.25, 0.3) is 0 Å². The Hall–Kier alpha value is -0.650. The van der Waals surface area contributed by atoms with Crippen LogP contribution >= 0.6 is 0 Å². The average Bonchev–Trinajstić information content (AvgIpc) is 2.42. The molecule has 0 spiro atoms. The van der Waals surface area contributed by atoms with E-state index in [9.17, 15) is 4.79 Å². The third kappa shape index (κ3) is 4.44. The third-order valence-electron chi connectivity index (χ3n) is 4.42. The van der Waals surface area contributed by atoms with Crippen molar-refractivity contribution in [2.24, 2.45) is 5.92 Å². The SMILES string of the molecule is CNCN1CCN(CC2CCN(C(C)=O)CC2)CC1. The molecule has 2 aliphatic rings. The van der Waals surface area contributed by atoms with Crippen LogP contribution in [0.15, 0.2) is 0 Å². The molecule has 0 unspecified atom stereocenters. The van der Waals surface area contributed by atoms with Crippen LogP contribution in [0.3, 0.4) is 0 Å². The molecule has 2 fully saturated rings. The maximum Gasteiger partial charge on any atom is 0.219 e. The van der Waals surface area contributed by atoms with Gasteiger partial charge in [-0.1, -0.05) is 0 Å². The second kappa shape index (κ2) is 7.22. The van der Waals surface area contributed by atoms with Gasteiger partial charge in [-0.2, -0.15) is 0 Å². The monoisotopic (exact) mass is 268 g/mol. The van der Waals surface area contributed by atoms with Crippen LogP contribution in [0.2, 0.25) is 0 Å². The fraction of sp³-hybridized carbons (Fsp3) is 0.929. The summed E-state index contributed by atoms with van der Waals surface area (Å²) in [5.41, 5.74) is 0. The lowest BCUT2D eigenvalue weighted by molar-refractivity contribution is -0.130. The van der Waals surface area contributed by atoms with Gasteiger partial charge >= 0.3 is 0 Å². The van der Waals surface area contributed by atoms with Gasteiger partial charge in [0.2, 0.25) is 5.91 Å². The van der Waals surface area contributed by atoms with Gasteiger partial charge in [-0.05, 0) is 25.8 Å². The normalized spacial score (nSPS) is 23.8. The van der Waals surface area contributed by atoms with Crippen molar-refractivity contribution in [2.45, 2.75) is 19.8 Å². The molecule has 0 aromatic rings. The highest BCUT2D eigenvalue weighted by atomic mass is 16.2. The van der Waals surface area contributed by atoms with E-state index < -0.39 is 0 Å². The van der Waals surface area contributed by atoms with Crippen LogP contribution in [-0.4, -0.2) is 80.1 Å². The van der Waals surface area contributed by atoms with Crippen molar-refractivity contribution in [3.63, 3.8) is 0 Å². The molecule has 2 heterocycles. The molecule has 0 radical (unpaired) electrons. The zero-order chi connectivity index (χ0) is 13.7. The summed E-state index contributed by atoms with van der Waals surface area (Å²) in [4.78, 5) is 18.3. The Morgan fingerprint density at radius 2 is 1.63 bits per heavy atom. The molecule has 1 N–H and O–H groups in total. The summed E-state index contributed by atoms with van der Waals surface area (Å²) in [6.45, 7) is 10.5. The van der Waals surface area contributed by atoms with Crippen molar-refractivity contribution < 1.29 is 4.79 Å². The summed E-state index contributed by atoms with van der Waals surface area (Å²) in [6.07, 6.45) is 2.35. The van der Waals surface area contributed by atoms with Crippen LogP contribution in [-0.2, 0) is 4.79 Å². The smallest absolute Gasteiger partial charge is 0.219 e. The van der Waals surface area contributed by atoms with Crippen molar-refractivity contribution in [2.75, 3.05) is 59.5 Å². The number of likely N-dealkylation sites (tertiary alicyclic amines) is 1. The van der Waals surface area contributed by atoms with Crippen LogP contribution in [0, 0.1) is 5.92 Å². The molecule has 5 nitrogen and oxygen atoms in total. The predicted molar refractivity (Wildman–Crippen MR) is 76.9 cm³/mol. The van der Waals surface area contributed by atoms with E-state index in [1.807, 2.05) is 11.9 Å². The molecule has 0 bridgehead atoms. The van der Waals surface area contributed by atoms with Crippen LogP contribution in [0.4, 0.5) is 0 Å². The molecule has 2 saturated heterocycles. The number of carbonyl (C=O) groups excluding carboxylic acids is 1. The zero-order valence-electron chi connectivity index (χ0n) is 12.4. The molecule has 2 aliphatic heterocycles. The Labute approximate surface area is 116 Å². The number of nitrogens with one attached hydrogen (secondary N) is 1. The molecular weight excluding hydrogens is 240 g/mol. The number of nitrogens with zero attached hydrogens (tertiary/aromatic N) is 3. The summed E-state index contributed by atoms with van der Waals surface area (Å²) in [5, 5.41) is 3.22. The number of hydrogen-bond acceptors (Lipinski definition) is 4. The third-order valence-corrected chi connectivity index (χ3v) is 4.42. The molecular formula is C14H28N4O. The molecule has 0 atom stereocenters. The van der Waals surface area contributed by atoms with E-state index in [0.717, 1.165) is 25.7 Å². The number of piperidine rings is 1. The predicted octanol–water partition coefficient (Wildman–Crippen LogP) is 0.0394. The highest BCUT2D eigenvalue weighted by molar-refractivity contribution is 5.73. The second-order valence-corrected chi connectivity index (χ2v) is 5.88. The summed E-state index contributed by atoms with van der Waals surface area (Å²) < 4.78 is 0. The molecule has 19 heavy (non-hydrogen) atoms. The van der Waals surface area contributed by atoms with Crippen LogP contribution < -0.4 is 5.32 Å². The summed E-state index contributed by atoms with van der Waals surface area (Å²) in [7, 11) is 2.01. The Morgan fingerprint density at radius 1 is 1.05 bits per heavy atom. The lowest BCUT2D eigenvalue weighted by Gasteiger charge is -2.38. The van der Waals surface area contributed by atoms with E-state index in [4.69, 9.17) is 0 Å². The minimum atomic E-state index is 0.235. The van der Waals surface area contributed by atoms with Crippen LogP contribution in [0.25, 0.3) is 0 Å². The van der Waals surface area contributed by atoms with Crippen molar-refractivity contribution in [1.82, 2.24) is 20.0 Å². The van der Waals surface area contributed by atoms with E-state index >= 15 is 0 Å². The summed E-state index contributed by atoms with van der Waals surface area (Å²) >= 11 is 0. The van der Waals surface area contributed by atoms with E-state index in [1.165, 1.54) is 45.6 Å². The van der Waals surface area contributed by atoms with Gasteiger partial charge < -0.3 is 15.1 Å². The first kappa shape index (κ1) is 14.8. The molecule has 1 amide bonds. The largest absolute Gasteiger partial charge is 0.343 e. The van der Waals surface area contributed by atoms with Gasteiger partial charge in [-0.25, -0.2) is 0 Å². The van der Waals surface area contributed by atoms with Gasteiger partial charge in [0.15, 0.2) is 0 Å². The molecule has 5 heteroatoms. The fourth-order valence-corrected chi connectivity index (χ4v) is 3.15. The molecule has 0 saturated carbocycles. The Morgan fingerprint density at radius 3 is 2.16 bits per heavy atom. The number of carbonyl (C=O) groups is 1. The number of piperazine rings is 1. The van der Waals surface area contributed by atoms with Crippen LogP contribution in [0.5, 0.6) is 0 Å². The van der Waals surface area contributed by atoms with Gasteiger partial charge in [0.1, 0.15) is 0 Å². The Bertz CT molecular complexity index is 281. The Balaban J connectivity index is 1.65. The first-order chi connectivity index (χ1) is 9.19. The van der Waals surface area contributed by atoms with Crippen LogP contribution in [0.1, 0.15) is 19.8 Å². The molecule has 0 aromatic carbocycles. The summed E-state index contributed by atoms with van der Waals surface area (Å²) in [5.74, 6) is 1.02. The number of amides is 1. The maximum atomic E-state index is 11.3. The first-order valence-electron chi connectivity index (χ1n) is 7.54. The van der Waals surface area contributed by atoms with Crippen molar-refractivity contribution in [3.05, 3.63) is 0 Å². The summed E-state index contributed by atoms with van der Waals surface area (Å²) in [6, 6.07) is 0. The topological polar surface area (TPSA) is 38.8 Å². The quantitative estimate of drug-likeness (QED) is 0.781. The molecule has 2 rings (SSSR count). The average molecular weight is 268 g/mol. The van der Waals surface area contributed by atoms with E-state index in [0.29, 0.717) is 0 Å². The standard InChI is InChI=1S/C14H28N4O/c1-13(19)18-5-3-14(4-6-18)11-16-7-9-17(10-8-16)12-15-2/h14-15H,3-12H2,1-2H3. The number of rotatable bonds is 4. The van der Waals surface area contributed by atoms with Gasteiger partial charge in [0.05, 0.1) is 0 Å². The second-order valence-electron chi connectivity index (χ2n) is 5.88. The minimum Gasteiger partial charge on any atom is -0.343 e. The lowest BCUT2D eigenvalue weighted by Crippen LogP contribution is -2.50. The van der Waals surface area contributed by atoms with Gasteiger partial charge in [-0.3, -0.25) is 9.69 Å². The van der Waals surface area contributed by atoms with Crippen molar-refractivity contribution in [1.29, 1.82) is 0 Å². The van der Waals surface area contributed by atoms with Gasteiger partial charge in [0, 0.05) is 59.4 Å². The molecule has 0 aromatic heterocycles. The molecule has 0 aliphatic carbocycles. The maximum absolute atomic E-state index is 11.3.